The number of hydrogen-bond acceptors (Lipinski definition) is 5. The Kier molecular flexibility index (Phi) is 6.05. The molecule has 0 aliphatic carbocycles. The summed E-state index contributed by atoms with van der Waals surface area (Å²) >= 11 is 5.74. The van der Waals surface area contributed by atoms with Crippen LogP contribution in [0.15, 0.2) is 18.2 Å². The summed E-state index contributed by atoms with van der Waals surface area (Å²) in [6.45, 7) is 3.37. The fourth-order valence-electron chi connectivity index (χ4n) is 2.78. The maximum absolute atomic E-state index is 13.7. The molecule has 1 aromatic carbocycles. The van der Waals surface area contributed by atoms with Crippen LogP contribution in [0.1, 0.15) is 30.6 Å². The number of rotatable bonds is 5. The maximum Gasteiger partial charge on any atom is 0.341 e. The minimum absolute atomic E-state index is 0.0311. The van der Waals surface area contributed by atoms with Crippen LogP contribution in [0.2, 0.25) is 5.02 Å². The van der Waals surface area contributed by atoms with Crippen LogP contribution in [0.25, 0.3) is 0 Å². The van der Waals surface area contributed by atoms with Gasteiger partial charge in [0.15, 0.2) is 15.9 Å². The van der Waals surface area contributed by atoms with Crippen molar-refractivity contribution in [3.05, 3.63) is 34.6 Å². The fraction of sp³-hybridized carbons (Fsp3) is 0.500. The lowest BCUT2D eigenvalue weighted by Gasteiger charge is -2.29. The highest BCUT2D eigenvalue weighted by molar-refractivity contribution is 7.91. The normalized spacial score (nSPS) is 20.1. The molecule has 0 aromatic heterocycles. The molecular formula is C16H19ClFNO5S. The van der Waals surface area contributed by atoms with Gasteiger partial charge >= 0.3 is 5.97 Å². The second-order valence-electron chi connectivity index (χ2n) is 5.85. The third kappa shape index (κ3) is 4.70. The van der Waals surface area contributed by atoms with Crippen molar-refractivity contribution in [2.24, 2.45) is 0 Å². The van der Waals surface area contributed by atoms with E-state index in [9.17, 15) is 22.4 Å². The van der Waals surface area contributed by atoms with Crippen LogP contribution in [-0.4, -0.2) is 55.4 Å². The Morgan fingerprint density at radius 1 is 1.44 bits per heavy atom. The molecule has 0 bridgehead atoms. The molecule has 6 nitrogen and oxygen atoms in total. The second-order valence-corrected chi connectivity index (χ2v) is 8.52. The van der Waals surface area contributed by atoms with Crippen molar-refractivity contribution in [3.8, 4) is 0 Å². The van der Waals surface area contributed by atoms with Crippen molar-refractivity contribution in [3.63, 3.8) is 0 Å². The van der Waals surface area contributed by atoms with E-state index in [-0.39, 0.29) is 28.6 Å². The van der Waals surface area contributed by atoms with E-state index in [0.717, 1.165) is 12.1 Å². The molecule has 1 saturated heterocycles. The zero-order valence-corrected chi connectivity index (χ0v) is 15.4. The largest absolute Gasteiger partial charge is 0.449 e. The molecule has 2 atom stereocenters. The molecule has 1 heterocycles. The summed E-state index contributed by atoms with van der Waals surface area (Å²) in [4.78, 5) is 26.0. The van der Waals surface area contributed by atoms with E-state index in [2.05, 4.69) is 0 Å². The van der Waals surface area contributed by atoms with Crippen molar-refractivity contribution >= 4 is 33.3 Å². The number of carbonyl (C=O) groups is 2. The molecule has 1 fully saturated rings. The molecule has 1 aliphatic heterocycles. The first kappa shape index (κ1) is 19.7. The Bertz CT molecular complexity index is 783. The van der Waals surface area contributed by atoms with E-state index in [1.165, 1.54) is 17.9 Å². The first-order valence-electron chi connectivity index (χ1n) is 7.81. The molecule has 1 aliphatic rings. The average molecular weight is 392 g/mol. The second kappa shape index (κ2) is 7.70. The van der Waals surface area contributed by atoms with E-state index < -0.39 is 39.7 Å². The molecule has 138 valence electrons. The quantitative estimate of drug-likeness (QED) is 0.718. The van der Waals surface area contributed by atoms with Gasteiger partial charge in [-0.25, -0.2) is 17.6 Å². The van der Waals surface area contributed by atoms with E-state index >= 15 is 0 Å². The van der Waals surface area contributed by atoms with Crippen molar-refractivity contribution in [1.29, 1.82) is 0 Å². The smallest absolute Gasteiger partial charge is 0.341 e. The van der Waals surface area contributed by atoms with Gasteiger partial charge in [-0.15, -0.1) is 0 Å². The lowest BCUT2D eigenvalue weighted by atomic mass is 10.2. The van der Waals surface area contributed by atoms with Gasteiger partial charge in [0, 0.05) is 17.6 Å². The van der Waals surface area contributed by atoms with Gasteiger partial charge in [0.05, 0.1) is 17.1 Å². The van der Waals surface area contributed by atoms with Gasteiger partial charge in [-0.05, 0) is 38.5 Å². The lowest BCUT2D eigenvalue weighted by molar-refractivity contribution is -0.141. The Morgan fingerprint density at radius 2 is 2.12 bits per heavy atom. The number of sulfone groups is 1. The van der Waals surface area contributed by atoms with Crippen LogP contribution in [0.5, 0.6) is 0 Å². The number of likely N-dealkylation sites (N-methyl/N-ethyl adjacent to an activating group) is 1. The summed E-state index contributed by atoms with van der Waals surface area (Å²) in [5.41, 5.74) is -0.362. The summed E-state index contributed by atoms with van der Waals surface area (Å²) in [5, 5.41) is 0.165. The summed E-state index contributed by atoms with van der Waals surface area (Å²) in [6, 6.07) is 3.01. The zero-order valence-electron chi connectivity index (χ0n) is 13.9. The van der Waals surface area contributed by atoms with Crippen LogP contribution in [-0.2, 0) is 19.4 Å². The van der Waals surface area contributed by atoms with Gasteiger partial charge < -0.3 is 9.64 Å². The summed E-state index contributed by atoms with van der Waals surface area (Å²) in [5.74, 6) is -2.39. The first-order valence-corrected chi connectivity index (χ1v) is 10.0. The van der Waals surface area contributed by atoms with Crippen LogP contribution in [0, 0.1) is 5.82 Å². The number of carbonyl (C=O) groups excluding carboxylic acids is 2. The number of esters is 1. The van der Waals surface area contributed by atoms with Gasteiger partial charge in [-0.2, -0.15) is 0 Å². The highest BCUT2D eigenvalue weighted by atomic mass is 35.5. The predicted molar refractivity (Wildman–Crippen MR) is 90.7 cm³/mol. The molecule has 0 saturated carbocycles. The zero-order chi connectivity index (χ0) is 18.8. The molecule has 2 rings (SSSR count). The minimum Gasteiger partial charge on any atom is -0.449 e. The molecule has 1 aromatic rings. The first-order chi connectivity index (χ1) is 11.6. The monoisotopic (exact) mass is 391 g/mol. The lowest BCUT2D eigenvalue weighted by Crippen LogP contribution is -2.46. The number of halogens is 2. The van der Waals surface area contributed by atoms with E-state index in [1.807, 2.05) is 0 Å². The molecule has 25 heavy (non-hydrogen) atoms. The number of nitrogens with zero attached hydrogens (tertiary/aromatic N) is 1. The Balaban J connectivity index is 2.08. The van der Waals surface area contributed by atoms with E-state index in [1.54, 1.807) is 6.92 Å². The predicted octanol–water partition coefficient (Wildman–Crippen LogP) is 2.06. The number of hydrogen-bond donors (Lipinski definition) is 0. The molecule has 0 N–H and O–H groups in total. The molecule has 0 radical (unpaired) electrons. The topological polar surface area (TPSA) is 80.8 Å². The number of benzene rings is 1. The van der Waals surface area contributed by atoms with Crippen molar-refractivity contribution < 1.29 is 27.1 Å². The summed E-state index contributed by atoms with van der Waals surface area (Å²) in [6.07, 6.45) is -0.819. The van der Waals surface area contributed by atoms with Crippen LogP contribution >= 0.6 is 11.6 Å². The Labute approximate surface area is 150 Å². The SMILES string of the molecule is CCN(C(=O)[C@H](C)OC(=O)c1cc(Cl)ccc1F)[C@@H]1CCS(=O)(=O)C1. The van der Waals surface area contributed by atoms with Gasteiger partial charge in [0.2, 0.25) is 0 Å². The van der Waals surface area contributed by atoms with Crippen LogP contribution in [0.4, 0.5) is 4.39 Å². The minimum atomic E-state index is -3.15. The number of ether oxygens (including phenoxy) is 1. The molecule has 0 spiro atoms. The standard InChI is InChI=1S/C16H19ClFNO5S/c1-3-19(12-6-7-25(22,23)9-12)15(20)10(2)24-16(21)13-8-11(17)4-5-14(13)18/h4-5,8,10,12H,3,6-7,9H2,1-2H3/t10-,12+/m0/s1. The third-order valence-electron chi connectivity index (χ3n) is 4.05. The highest BCUT2D eigenvalue weighted by Gasteiger charge is 2.36. The maximum atomic E-state index is 13.7. The van der Waals surface area contributed by atoms with Crippen molar-refractivity contribution in [2.75, 3.05) is 18.1 Å². The van der Waals surface area contributed by atoms with Gasteiger partial charge in [0.25, 0.3) is 5.91 Å². The van der Waals surface area contributed by atoms with E-state index in [0.29, 0.717) is 6.42 Å². The Morgan fingerprint density at radius 3 is 2.68 bits per heavy atom. The van der Waals surface area contributed by atoms with Gasteiger partial charge in [-0.1, -0.05) is 11.6 Å². The van der Waals surface area contributed by atoms with Gasteiger partial charge in [-0.3, -0.25) is 4.79 Å². The highest BCUT2D eigenvalue weighted by Crippen LogP contribution is 2.20. The van der Waals surface area contributed by atoms with Crippen molar-refractivity contribution in [2.45, 2.75) is 32.4 Å². The number of amides is 1. The summed E-state index contributed by atoms with van der Waals surface area (Å²) < 4.78 is 42.0. The summed E-state index contributed by atoms with van der Waals surface area (Å²) in [7, 11) is -3.15. The van der Waals surface area contributed by atoms with Crippen LogP contribution < -0.4 is 0 Å². The average Bonchev–Trinajstić information content (AvgIpc) is 2.89. The molecule has 1 amide bonds. The fourth-order valence-corrected chi connectivity index (χ4v) is 4.68. The van der Waals surface area contributed by atoms with Crippen LogP contribution in [0.3, 0.4) is 0 Å². The van der Waals surface area contributed by atoms with Gasteiger partial charge in [0.1, 0.15) is 5.82 Å². The Hall–Kier alpha value is -1.67. The van der Waals surface area contributed by atoms with Crippen molar-refractivity contribution in [1.82, 2.24) is 4.90 Å². The molecule has 0 unspecified atom stereocenters. The molecule has 9 heteroatoms. The molecular weight excluding hydrogens is 373 g/mol. The third-order valence-corrected chi connectivity index (χ3v) is 6.04. The van der Waals surface area contributed by atoms with E-state index in [4.69, 9.17) is 16.3 Å².